The second-order valence-electron chi connectivity index (χ2n) is 7.70. The molecule has 0 bridgehead atoms. The summed E-state index contributed by atoms with van der Waals surface area (Å²) in [5.41, 5.74) is 6.49. The van der Waals surface area contributed by atoms with E-state index >= 15 is 0 Å². The minimum atomic E-state index is -2.91. The van der Waals surface area contributed by atoms with Crippen molar-refractivity contribution in [3.8, 4) is 0 Å². The van der Waals surface area contributed by atoms with Crippen LogP contribution < -0.4 is 0 Å². The first kappa shape index (κ1) is 22.6. The quantitative estimate of drug-likeness (QED) is 0.459. The minimum absolute atomic E-state index is 0. The first-order valence-electron chi connectivity index (χ1n) is 8.04. The largest absolute Gasteiger partial charge is 0.147 e. The van der Waals surface area contributed by atoms with E-state index in [2.05, 4.69) is 56.0 Å². The topological polar surface area (TPSA) is 0 Å². The summed E-state index contributed by atoms with van der Waals surface area (Å²) in [6, 6.07) is 0. The molecule has 4 heteroatoms. The summed E-state index contributed by atoms with van der Waals surface area (Å²) in [6.45, 7) is 11.7. The predicted octanol–water partition coefficient (Wildman–Crippen LogP) is 6.19. The fraction of sp³-hybridized carbons (Fsp3) is 0.556. The van der Waals surface area contributed by atoms with Crippen LogP contribution in [0.3, 0.4) is 0 Å². The third-order valence-electron chi connectivity index (χ3n) is 5.34. The van der Waals surface area contributed by atoms with E-state index in [4.69, 9.17) is 0 Å². The maximum absolute atomic E-state index is 2.91. The fourth-order valence-electron chi connectivity index (χ4n) is 4.09. The zero-order chi connectivity index (χ0) is 15.2. The SMILES string of the molecule is CCC1=CC(CC)=[C]([Zr]([CH3])([CH3])(=[SiH2])[C]2=C(C)C=C(C)C2)C1.Cl.Cl. The van der Waals surface area contributed by atoms with Crippen molar-refractivity contribution >= 4 is 31.7 Å². The Bertz CT molecular complexity index is 642. The van der Waals surface area contributed by atoms with Crippen LogP contribution in [-0.4, -0.2) is 6.88 Å². The third kappa shape index (κ3) is 4.00. The monoisotopic (exact) mass is 436 g/mol. The van der Waals surface area contributed by atoms with Crippen molar-refractivity contribution in [3.05, 3.63) is 41.0 Å². The van der Waals surface area contributed by atoms with E-state index in [0.29, 0.717) is 0 Å². The molecule has 0 atom stereocenters. The van der Waals surface area contributed by atoms with Crippen LogP contribution in [0.5, 0.6) is 0 Å². The number of rotatable bonds is 4. The number of halogens is 2. The predicted molar refractivity (Wildman–Crippen MR) is 106 cm³/mol. The molecule has 126 valence electrons. The average molecular weight is 439 g/mol. The average Bonchev–Trinajstić information content (AvgIpc) is 2.92. The van der Waals surface area contributed by atoms with Crippen LogP contribution in [0, 0.1) is 0 Å². The van der Waals surface area contributed by atoms with Gasteiger partial charge in [0.1, 0.15) is 0 Å². The van der Waals surface area contributed by atoms with Gasteiger partial charge in [-0.15, -0.1) is 24.8 Å². The van der Waals surface area contributed by atoms with Crippen molar-refractivity contribution in [2.24, 2.45) is 0 Å². The molecule has 2 aliphatic rings. The standard InChI is InChI=1S/C9H13.C7H9.2CH3.2ClH.H2Si.Zr/c1-3-8-5-6-9(4-2)7-8;1-6-3-4-7(2)5-6;;;;;;/h7H,3-5H2,1-2H3;5H,3H2,1-2H3;2*1H3;2*1H;1H2;. The van der Waals surface area contributed by atoms with Crippen LogP contribution in [0.1, 0.15) is 53.4 Å². The van der Waals surface area contributed by atoms with E-state index in [1.165, 1.54) is 25.7 Å². The maximum atomic E-state index is 2.67. The molecule has 0 aromatic carbocycles. The van der Waals surface area contributed by atoms with Gasteiger partial charge in [-0.1, -0.05) is 0 Å². The third-order valence-corrected chi connectivity index (χ3v) is 22.5. The Hall–Kier alpha value is 0.640. The van der Waals surface area contributed by atoms with Crippen LogP contribution >= 0.6 is 24.8 Å². The number of allylic oxidation sites excluding steroid dienone is 8. The molecule has 0 aliphatic heterocycles. The molecule has 0 saturated heterocycles. The van der Waals surface area contributed by atoms with Crippen molar-refractivity contribution in [1.29, 1.82) is 0 Å². The molecule has 0 amide bonds. The Morgan fingerprint density at radius 2 is 1.55 bits per heavy atom. The summed E-state index contributed by atoms with van der Waals surface area (Å²) in [6.07, 6.45) is 9.90. The Morgan fingerprint density at radius 3 is 1.95 bits per heavy atom. The van der Waals surface area contributed by atoms with Crippen molar-refractivity contribution in [2.75, 3.05) is 0 Å². The zero-order valence-electron chi connectivity index (χ0n) is 15.0. The molecule has 0 saturated carbocycles. The molecule has 2 rings (SSSR count). The summed E-state index contributed by atoms with van der Waals surface area (Å²) in [7, 11) is 0. The molecule has 0 heterocycles. The number of hydrogen-bond acceptors (Lipinski definition) is 0. The van der Waals surface area contributed by atoms with Gasteiger partial charge in [0.15, 0.2) is 0 Å². The second-order valence-corrected chi connectivity index (χ2v) is 36.4. The molecule has 0 aromatic heterocycles. The van der Waals surface area contributed by atoms with Gasteiger partial charge < -0.3 is 0 Å². The van der Waals surface area contributed by atoms with Gasteiger partial charge in [-0.05, 0) is 0 Å². The van der Waals surface area contributed by atoms with Crippen molar-refractivity contribution < 1.29 is 17.4 Å². The normalized spacial score (nSPS) is 18.9. The molecular formula is C18H32Cl2SiZr. The van der Waals surface area contributed by atoms with Gasteiger partial charge in [0.05, 0.1) is 0 Å². The van der Waals surface area contributed by atoms with E-state index in [1.807, 2.05) is 6.56 Å². The summed E-state index contributed by atoms with van der Waals surface area (Å²) in [5.74, 6) is 0. The molecule has 0 nitrogen and oxygen atoms in total. The second kappa shape index (κ2) is 7.68. The maximum Gasteiger partial charge on any atom is -0.147 e. The minimum Gasteiger partial charge on any atom is -0.147 e. The Balaban J connectivity index is 0.00000220. The van der Waals surface area contributed by atoms with E-state index < -0.39 is 17.4 Å². The van der Waals surface area contributed by atoms with Gasteiger partial charge in [-0.2, -0.15) is 0 Å². The molecule has 0 fully saturated rings. The van der Waals surface area contributed by atoms with E-state index in [0.717, 1.165) is 0 Å². The summed E-state index contributed by atoms with van der Waals surface area (Å²) in [4.78, 5) is 0. The molecular weight excluding hydrogens is 406 g/mol. The summed E-state index contributed by atoms with van der Waals surface area (Å²) >= 11 is -2.91. The molecule has 0 radical (unpaired) electrons. The van der Waals surface area contributed by atoms with Crippen molar-refractivity contribution in [3.63, 3.8) is 0 Å². The number of hydrogen-bond donors (Lipinski definition) is 0. The van der Waals surface area contributed by atoms with Gasteiger partial charge in [0.2, 0.25) is 0 Å². The Morgan fingerprint density at radius 1 is 0.955 bits per heavy atom. The van der Waals surface area contributed by atoms with Crippen LogP contribution in [0.4, 0.5) is 0 Å². The Kier molecular flexibility index (Phi) is 7.91. The van der Waals surface area contributed by atoms with E-state index in [-0.39, 0.29) is 24.8 Å². The van der Waals surface area contributed by atoms with Crippen molar-refractivity contribution in [2.45, 2.75) is 62.6 Å². The van der Waals surface area contributed by atoms with E-state index in [1.54, 1.807) is 22.3 Å². The molecule has 0 aromatic rings. The van der Waals surface area contributed by atoms with E-state index in [9.17, 15) is 0 Å². The molecule has 0 N–H and O–H groups in total. The van der Waals surface area contributed by atoms with Gasteiger partial charge in [-0.25, -0.2) is 0 Å². The summed E-state index contributed by atoms with van der Waals surface area (Å²) < 4.78 is 9.06. The van der Waals surface area contributed by atoms with Gasteiger partial charge in [0, 0.05) is 0 Å². The molecule has 0 unspecified atom stereocenters. The van der Waals surface area contributed by atoms with Crippen LogP contribution in [-0.2, 0) is 17.4 Å². The first-order valence-corrected chi connectivity index (χ1v) is 21.3. The molecule has 22 heavy (non-hydrogen) atoms. The molecule has 2 aliphatic carbocycles. The molecule has 0 spiro atoms. The van der Waals surface area contributed by atoms with Gasteiger partial charge in [-0.3, -0.25) is 0 Å². The van der Waals surface area contributed by atoms with Crippen LogP contribution in [0.2, 0.25) is 9.26 Å². The van der Waals surface area contributed by atoms with Crippen LogP contribution in [0.25, 0.3) is 0 Å². The fourth-order valence-corrected chi connectivity index (χ4v) is 19.9. The zero-order valence-corrected chi connectivity index (χ0v) is 20.5. The summed E-state index contributed by atoms with van der Waals surface area (Å²) in [5, 5.41) is 0. The van der Waals surface area contributed by atoms with Gasteiger partial charge in [0.25, 0.3) is 0 Å². The van der Waals surface area contributed by atoms with Crippen molar-refractivity contribution in [1.82, 2.24) is 0 Å². The Labute approximate surface area is 151 Å². The van der Waals surface area contributed by atoms with Crippen LogP contribution in [0.15, 0.2) is 41.0 Å². The smallest absolute Gasteiger partial charge is 0.147 e. The van der Waals surface area contributed by atoms with Gasteiger partial charge >= 0.3 is 128 Å². The first-order chi connectivity index (χ1) is 9.18.